The van der Waals surface area contributed by atoms with E-state index in [0.717, 1.165) is 42.5 Å². The second-order valence-electron chi connectivity index (χ2n) is 5.24. The smallest absolute Gasteiger partial charge is 0.126 e. The van der Waals surface area contributed by atoms with E-state index in [-0.39, 0.29) is 0 Å². The van der Waals surface area contributed by atoms with Crippen molar-refractivity contribution in [3.63, 3.8) is 0 Å². The number of aromatic nitrogens is 1. The Bertz CT molecular complexity index is 571. The van der Waals surface area contributed by atoms with Crippen LogP contribution in [0.1, 0.15) is 24.5 Å². The second kappa shape index (κ2) is 8.01. The van der Waals surface area contributed by atoms with Crippen molar-refractivity contribution in [2.75, 3.05) is 18.9 Å². The van der Waals surface area contributed by atoms with Crippen LogP contribution >= 0.6 is 11.6 Å². The van der Waals surface area contributed by atoms with Crippen molar-refractivity contribution in [1.29, 1.82) is 0 Å². The molecule has 2 aromatic rings. The highest BCUT2D eigenvalue weighted by Crippen LogP contribution is 2.17. The molecule has 112 valence electrons. The lowest BCUT2D eigenvalue weighted by atomic mass is 10.2. The van der Waals surface area contributed by atoms with Gasteiger partial charge in [0.25, 0.3) is 0 Å². The first-order valence-electron chi connectivity index (χ1n) is 7.29. The molecule has 1 N–H and O–H groups in total. The van der Waals surface area contributed by atoms with Crippen LogP contribution in [-0.2, 0) is 13.1 Å². The third-order valence-corrected chi connectivity index (χ3v) is 3.60. The van der Waals surface area contributed by atoms with E-state index in [9.17, 15) is 0 Å². The number of halogens is 1. The van der Waals surface area contributed by atoms with Crippen LogP contribution in [0.3, 0.4) is 0 Å². The molecular formula is C17H22ClN3. The molecule has 21 heavy (non-hydrogen) atoms. The van der Waals surface area contributed by atoms with E-state index in [1.165, 1.54) is 5.56 Å². The minimum Gasteiger partial charge on any atom is -0.370 e. The molecule has 0 amide bonds. The summed E-state index contributed by atoms with van der Waals surface area (Å²) in [5.41, 5.74) is 2.40. The molecule has 0 saturated carbocycles. The average Bonchev–Trinajstić information content (AvgIpc) is 2.48. The maximum Gasteiger partial charge on any atom is 0.126 e. The predicted molar refractivity (Wildman–Crippen MR) is 89.6 cm³/mol. The van der Waals surface area contributed by atoms with Gasteiger partial charge in [0.05, 0.1) is 0 Å². The van der Waals surface area contributed by atoms with Gasteiger partial charge >= 0.3 is 0 Å². The van der Waals surface area contributed by atoms with Crippen molar-refractivity contribution in [3.05, 3.63) is 58.7 Å². The maximum absolute atomic E-state index is 6.21. The number of anilines is 1. The van der Waals surface area contributed by atoms with Crippen LogP contribution in [0.4, 0.5) is 5.82 Å². The van der Waals surface area contributed by atoms with Gasteiger partial charge in [0.2, 0.25) is 0 Å². The molecule has 2 rings (SSSR count). The fourth-order valence-electron chi connectivity index (χ4n) is 2.21. The van der Waals surface area contributed by atoms with E-state index in [4.69, 9.17) is 11.6 Å². The summed E-state index contributed by atoms with van der Waals surface area (Å²) in [6.45, 7) is 4.80. The zero-order valence-electron chi connectivity index (χ0n) is 12.6. The third kappa shape index (κ3) is 5.03. The molecule has 0 aliphatic rings. The minimum atomic E-state index is 0.823. The Balaban J connectivity index is 1.96. The number of benzene rings is 1. The van der Waals surface area contributed by atoms with E-state index in [1.807, 2.05) is 24.4 Å². The molecule has 0 fully saturated rings. The quantitative estimate of drug-likeness (QED) is 0.831. The van der Waals surface area contributed by atoms with Crippen molar-refractivity contribution >= 4 is 17.4 Å². The molecule has 1 aromatic carbocycles. The number of hydrogen-bond acceptors (Lipinski definition) is 3. The number of hydrogen-bond donors (Lipinski definition) is 1. The molecule has 4 heteroatoms. The summed E-state index contributed by atoms with van der Waals surface area (Å²) in [5.74, 6) is 0.945. The molecule has 0 aliphatic heterocycles. The van der Waals surface area contributed by atoms with E-state index in [2.05, 4.69) is 47.4 Å². The van der Waals surface area contributed by atoms with Gasteiger partial charge in [-0.3, -0.25) is 4.90 Å². The summed E-state index contributed by atoms with van der Waals surface area (Å²) in [5, 5.41) is 4.14. The Kier molecular flexibility index (Phi) is 6.03. The lowest BCUT2D eigenvalue weighted by molar-refractivity contribution is 0.319. The molecular weight excluding hydrogens is 282 g/mol. The van der Waals surface area contributed by atoms with Gasteiger partial charge in [-0.1, -0.05) is 36.7 Å². The van der Waals surface area contributed by atoms with Crippen molar-refractivity contribution < 1.29 is 0 Å². The Morgan fingerprint density at radius 2 is 2.00 bits per heavy atom. The van der Waals surface area contributed by atoms with E-state index in [0.29, 0.717) is 0 Å². The van der Waals surface area contributed by atoms with Crippen LogP contribution in [0, 0.1) is 0 Å². The monoisotopic (exact) mass is 303 g/mol. The summed E-state index contributed by atoms with van der Waals surface area (Å²) in [7, 11) is 2.10. The summed E-state index contributed by atoms with van der Waals surface area (Å²) in [6.07, 6.45) is 2.95. The topological polar surface area (TPSA) is 28.2 Å². The highest BCUT2D eigenvalue weighted by molar-refractivity contribution is 6.31. The fraction of sp³-hybridized carbons (Fsp3) is 0.353. The number of nitrogens with zero attached hydrogens (tertiary/aromatic N) is 2. The van der Waals surface area contributed by atoms with Gasteiger partial charge < -0.3 is 5.32 Å². The van der Waals surface area contributed by atoms with Crippen LogP contribution in [0.5, 0.6) is 0 Å². The molecule has 0 unspecified atom stereocenters. The van der Waals surface area contributed by atoms with E-state index in [1.54, 1.807) is 0 Å². The Morgan fingerprint density at radius 3 is 2.76 bits per heavy atom. The molecule has 0 atom stereocenters. The molecule has 0 aliphatic carbocycles. The number of nitrogens with one attached hydrogen (secondary N) is 1. The first-order valence-corrected chi connectivity index (χ1v) is 7.67. The van der Waals surface area contributed by atoms with Crippen molar-refractivity contribution in [3.8, 4) is 0 Å². The van der Waals surface area contributed by atoms with Crippen LogP contribution in [0.2, 0.25) is 5.02 Å². The predicted octanol–water partition coefficient (Wildman–Crippen LogP) is 4.19. The van der Waals surface area contributed by atoms with E-state index >= 15 is 0 Å². The van der Waals surface area contributed by atoms with Gasteiger partial charge in [0.15, 0.2) is 0 Å². The molecule has 1 heterocycles. The normalized spacial score (nSPS) is 10.9. The third-order valence-electron chi connectivity index (χ3n) is 3.23. The van der Waals surface area contributed by atoms with Gasteiger partial charge in [-0.25, -0.2) is 4.98 Å². The highest BCUT2D eigenvalue weighted by Gasteiger charge is 2.05. The van der Waals surface area contributed by atoms with Gasteiger partial charge in [-0.05, 0) is 42.8 Å². The van der Waals surface area contributed by atoms with Gasteiger partial charge in [-0.15, -0.1) is 0 Å². The first kappa shape index (κ1) is 15.8. The van der Waals surface area contributed by atoms with Gasteiger partial charge in [0.1, 0.15) is 5.82 Å². The molecule has 0 spiro atoms. The zero-order valence-corrected chi connectivity index (χ0v) is 13.4. The minimum absolute atomic E-state index is 0.823. The summed E-state index contributed by atoms with van der Waals surface area (Å²) in [6, 6.07) is 12.1. The summed E-state index contributed by atoms with van der Waals surface area (Å²) in [4.78, 5) is 6.58. The number of rotatable bonds is 7. The largest absolute Gasteiger partial charge is 0.370 e. The molecule has 0 radical (unpaired) electrons. The van der Waals surface area contributed by atoms with Crippen LogP contribution < -0.4 is 5.32 Å². The summed E-state index contributed by atoms with van der Waals surface area (Å²) < 4.78 is 0. The van der Waals surface area contributed by atoms with Gasteiger partial charge in [-0.2, -0.15) is 0 Å². The van der Waals surface area contributed by atoms with Crippen LogP contribution in [0.15, 0.2) is 42.6 Å². The Morgan fingerprint density at radius 1 is 1.19 bits per heavy atom. The highest BCUT2D eigenvalue weighted by atomic mass is 35.5. The Labute approximate surface area is 132 Å². The lowest BCUT2D eigenvalue weighted by Gasteiger charge is -2.18. The molecule has 0 saturated heterocycles. The molecule has 0 bridgehead atoms. The van der Waals surface area contributed by atoms with E-state index < -0.39 is 0 Å². The Hall–Kier alpha value is -1.58. The van der Waals surface area contributed by atoms with Crippen molar-refractivity contribution in [2.24, 2.45) is 0 Å². The zero-order chi connectivity index (χ0) is 15.1. The van der Waals surface area contributed by atoms with Crippen molar-refractivity contribution in [2.45, 2.75) is 26.4 Å². The molecule has 3 nitrogen and oxygen atoms in total. The SMILES string of the molecule is CCCNc1cc(CN(C)Cc2ccccc2Cl)ccn1. The van der Waals surface area contributed by atoms with Crippen LogP contribution in [-0.4, -0.2) is 23.5 Å². The lowest BCUT2D eigenvalue weighted by Crippen LogP contribution is -2.17. The van der Waals surface area contributed by atoms with Gasteiger partial charge in [0, 0.05) is 30.9 Å². The van der Waals surface area contributed by atoms with Crippen LogP contribution in [0.25, 0.3) is 0 Å². The summed E-state index contributed by atoms with van der Waals surface area (Å²) >= 11 is 6.21. The first-order chi connectivity index (χ1) is 10.2. The fourth-order valence-corrected chi connectivity index (χ4v) is 2.40. The molecule has 1 aromatic heterocycles. The second-order valence-corrected chi connectivity index (χ2v) is 5.65. The van der Waals surface area contributed by atoms with Crippen molar-refractivity contribution in [1.82, 2.24) is 9.88 Å². The number of pyridine rings is 1. The standard InChI is InChI=1S/C17H22ClN3/c1-3-9-19-17-11-14(8-10-20-17)12-21(2)13-15-6-4-5-7-16(15)18/h4-8,10-11H,3,9,12-13H2,1-2H3,(H,19,20). The average molecular weight is 304 g/mol. The maximum atomic E-state index is 6.21.